The second kappa shape index (κ2) is 6.83. The molecule has 1 aliphatic rings. The molecule has 0 saturated carbocycles. The van der Waals surface area contributed by atoms with Crippen LogP contribution in [0.1, 0.15) is 52.0 Å². The largest absolute Gasteiger partial charge is 0.397 e. The maximum atomic E-state index is 11.6. The van der Waals surface area contributed by atoms with Crippen LogP contribution in [0, 0.1) is 0 Å². The SMILES string of the molecule is CCCCCN(c1cc2c(cc1N)CCC(=O)N2)C(C)C. The summed E-state index contributed by atoms with van der Waals surface area (Å²) in [4.78, 5) is 13.9. The monoisotopic (exact) mass is 289 g/mol. The van der Waals surface area contributed by atoms with Crippen molar-refractivity contribution in [2.75, 3.05) is 22.5 Å². The number of hydrogen-bond donors (Lipinski definition) is 2. The highest BCUT2D eigenvalue weighted by atomic mass is 16.1. The second-order valence-corrected chi connectivity index (χ2v) is 6.11. The molecule has 2 rings (SSSR count). The van der Waals surface area contributed by atoms with Crippen LogP contribution in [-0.4, -0.2) is 18.5 Å². The number of carbonyl (C=O) groups excluding carboxylic acids is 1. The van der Waals surface area contributed by atoms with Gasteiger partial charge in [0, 0.05) is 24.7 Å². The third-order valence-electron chi connectivity index (χ3n) is 4.08. The van der Waals surface area contributed by atoms with Crippen molar-refractivity contribution in [2.45, 2.75) is 58.9 Å². The Bertz CT molecular complexity index is 511. The van der Waals surface area contributed by atoms with Crippen LogP contribution >= 0.6 is 0 Å². The lowest BCUT2D eigenvalue weighted by atomic mass is 10.0. The van der Waals surface area contributed by atoms with Crippen molar-refractivity contribution in [3.63, 3.8) is 0 Å². The fourth-order valence-corrected chi connectivity index (χ4v) is 2.87. The van der Waals surface area contributed by atoms with Crippen LogP contribution in [0.3, 0.4) is 0 Å². The van der Waals surface area contributed by atoms with E-state index < -0.39 is 0 Å². The summed E-state index contributed by atoms with van der Waals surface area (Å²) in [5, 5.41) is 2.97. The van der Waals surface area contributed by atoms with E-state index in [1.807, 2.05) is 12.1 Å². The molecule has 21 heavy (non-hydrogen) atoms. The van der Waals surface area contributed by atoms with E-state index in [1.54, 1.807) is 0 Å². The smallest absolute Gasteiger partial charge is 0.224 e. The lowest BCUT2D eigenvalue weighted by Crippen LogP contribution is -2.33. The summed E-state index contributed by atoms with van der Waals surface area (Å²) in [5.41, 5.74) is 10.2. The fraction of sp³-hybridized carbons (Fsp3) is 0.588. The highest BCUT2D eigenvalue weighted by Crippen LogP contribution is 2.34. The highest BCUT2D eigenvalue weighted by Gasteiger charge is 2.20. The second-order valence-electron chi connectivity index (χ2n) is 6.11. The number of aryl methyl sites for hydroxylation is 1. The van der Waals surface area contributed by atoms with Crippen LogP contribution in [0.25, 0.3) is 0 Å². The third kappa shape index (κ3) is 3.69. The number of nitrogen functional groups attached to an aromatic ring is 1. The number of carbonyl (C=O) groups is 1. The first-order chi connectivity index (χ1) is 10.0. The van der Waals surface area contributed by atoms with Crippen LogP contribution < -0.4 is 16.0 Å². The molecule has 1 aromatic carbocycles. The first kappa shape index (κ1) is 15.7. The first-order valence-corrected chi connectivity index (χ1v) is 8.01. The number of unbranched alkanes of at least 4 members (excludes halogenated alkanes) is 2. The molecule has 0 bridgehead atoms. The van der Waals surface area contributed by atoms with Gasteiger partial charge in [-0.3, -0.25) is 4.79 Å². The average Bonchev–Trinajstić information content (AvgIpc) is 2.43. The summed E-state index contributed by atoms with van der Waals surface area (Å²) >= 11 is 0. The molecule has 1 aliphatic heterocycles. The van der Waals surface area contributed by atoms with Gasteiger partial charge in [-0.25, -0.2) is 0 Å². The zero-order valence-corrected chi connectivity index (χ0v) is 13.4. The summed E-state index contributed by atoms with van der Waals surface area (Å²) in [6.07, 6.45) is 4.93. The summed E-state index contributed by atoms with van der Waals surface area (Å²) in [6, 6.07) is 4.47. The lowest BCUT2D eigenvalue weighted by molar-refractivity contribution is -0.116. The molecule has 0 unspecified atom stereocenters. The Kier molecular flexibility index (Phi) is 5.10. The van der Waals surface area contributed by atoms with Crippen LogP contribution in [0.15, 0.2) is 12.1 Å². The van der Waals surface area contributed by atoms with E-state index in [9.17, 15) is 4.79 Å². The van der Waals surface area contributed by atoms with Gasteiger partial charge < -0.3 is 16.0 Å². The maximum absolute atomic E-state index is 11.6. The lowest BCUT2D eigenvalue weighted by Gasteiger charge is -2.32. The molecule has 0 atom stereocenters. The number of nitrogens with one attached hydrogen (secondary N) is 1. The molecule has 4 heteroatoms. The number of hydrogen-bond acceptors (Lipinski definition) is 3. The van der Waals surface area contributed by atoms with Crippen molar-refractivity contribution in [1.29, 1.82) is 0 Å². The number of fused-ring (bicyclic) bond motifs is 1. The van der Waals surface area contributed by atoms with Gasteiger partial charge in [0.05, 0.1) is 11.4 Å². The van der Waals surface area contributed by atoms with Gasteiger partial charge in [-0.1, -0.05) is 19.8 Å². The first-order valence-electron chi connectivity index (χ1n) is 8.01. The van der Waals surface area contributed by atoms with Gasteiger partial charge in [-0.2, -0.15) is 0 Å². The van der Waals surface area contributed by atoms with Crippen molar-refractivity contribution in [1.82, 2.24) is 0 Å². The minimum absolute atomic E-state index is 0.0975. The molecule has 116 valence electrons. The van der Waals surface area contributed by atoms with Gasteiger partial charge in [0.25, 0.3) is 0 Å². The molecular formula is C17H27N3O. The van der Waals surface area contributed by atoms with Gasteiger partial charge in [-0.15, -0.1) is 0 Å². The van der Waals surface area contributed by atoms with Crippen molar-refractivity contribution >= 4 is 23.0 Å². The molecule has 0 saturated heterocycles. The van der Waals surface area contributed by atoms with Crippen molar-refractivity contribution in [3.05, 3.63) is 17.7 Å². The molecule has 4 nitrogen and oxygen atoms in total. The van der Waals surface area contributed by atoms with Gasteiger partial charge in [0.15, 0.2) is 0 Å². The van der Waals surface area contributed by atoms with E-state index in [0.717, 1.165) is 42.0 Å². The molecule has 0 aromatic heterocycles. The predicted octanol–water partition coefficient (Wildman–Crippen LogP) is 3.56. The fourth-order valence-electron chi connectivity index (χ4n) is 2.87. The van der Waals surface area contributed by atoms with Gasteiger partial charge in [0.2, 0.25) is 5.91 Å². The normalized spacial score (nSPS) is 14.0. The number of nitrogens with two attached hydrogens (primary N) is 1. The van der Waals surface area contributed by atoms with Crippen molar-refractivity contribution in [3.8, 4) is 0 Å². The van der Waals surface area contributed by atoms with E-state index in [-0.39, 0.29) is 5.91 Å². The topological polar surface area (TPSA) is 58.4 Å². The summed E-state index contributed by atoms with van der Waals surface area (Å²) < 4.78 is 0. The third-order valence-corrected chi connectivity index (χ3v) is 4.08. The van der Waals surface area contributed by atoms with Gasteiger partial charge in [0.1, 0.15) is 0 Å². The van der Waals surface area contributed by atoms with E-state index in [2.05, 4.69) is 31.0 Å². The van der Waals surface area contributed by atoms with Crippen molar-refractivity contribution < 1.29 is 4.79 Å². The quantitative estimate of drug-likeness (QED) is 0.622. The Labute approximate surface area is 127 Å². The summed E-state index contributed by atoms with van der Waals surface area (Å²) in [6.45, 7) is 7.58. The molecule has 1 aromatic rings. The summed E-state index contributed by atoms with van der Waals surface area (Å²) in [7, 11) is 0. The van der Waals surface area contributed by atoms with Crippen LogP contribution in [0.2, 0.25) is 0 Å². The van der Waals surface area contributed by atoms with Crippen molar-refractivity contribution in [2.24, 2.45) is 0 Å². The average molecular weight is 289 g/mol. The van der Waals surface area contributed by atoms with E-state index in [4.69, 9.17) is 5.73 Å². The minimum atomic E-state index is 0.0975. The van der Waals surface area contributed by atoms with Crippen LogP contribution in [-0.2, 0) is 11.2 Å². The Hall–Kier alpha value is -1.71. The number of amides is 1. The standard InChI is InChI=1S/C17H27N3O/c1-4-5-6-9-20(12(2)3)16-11-15-13(10-14(16)18)7-8-17(21)19-15/h10-12H,4-9,18H2,1-3H3,(H,19,21). The number of nitrogens with zero attached hydrogens (tertiary/aromatic N) is 1. The number of benzene rings is 1. The van der Waals surface area contributed by atoms with E-state index >= 15 is 0 Å². The Morgan fingerprint density at radius 1 is 1.29 bits per heavy atom. The molecule has 0 fully saturated rings. The highest BCUT2D eigenvalue weighted by molar-refractivity contribution is 5.95. The Morgan fingerprint density at radius 2 is 2.05 bits per heavy atom. The van der Waals surface area contributed by atoms with Gasteiger partial charge in [-0.05, 0) is 44.4 Å². The molecule has 0 spiro atoms. The minimum Gasteiger partial charge on any atom is -0.397 e. The number of rotatable bonds is 6. The molecule has 0 aliphatic carbocycles. The zero-order valence-electron chi connectivity index (χ0n) is 13.4. The molecule has 3 N–H and O–H groups in total. The Balaban J connectivity index is 2.27. The Morgan fingerprint density at radius 3 is 2.71 bits per heavy atom. The molecule has 1 heterocycles. The molecule has 0 radical (unpaired) electrons. The maximum Gasteiger partial charge on any atom is 0.224 e. The molecule has 1 amide bonds. The van der Waals surface area contributed by atoms with Crippen LogP contribution in [0.4, 0.5) is 17.1 Å². The zero-order chi connectivity index (χ0) is 15.4. The predicted molar refractivity (Wildman–Crippen MR) is 89.8 cm³/mol. The number of anilines is 3. The van der Waals surface area contributed by atoms with Gasteiger partial charge >= 0.3 is 0 Å². The van der Waals surface area contributed by atoms with Crippen LogP contribution in [0.5, 0.6) is 0 Å². The molecular weight excluding hydrogens is 262 g/mol. The van der Waals surface area contributed by atoms with E-state index in [1.165, 1.54) is 12.8 Å². The summed E-state index contributed by atoms with van der Waals surface area (Å²) in [5.74, 6) is 0.0975. The van der Waals surface area contributed by atoms with E-state index in [0.29, 0.717) is 12.5 Å².